The van der Waals surface area contributed by atoms with Crippen LogP contribution in [0.15, 0.2) is 44.7 Å². The van der Waals surface area contributed by atoms with Gasteiger partial charge in [0, 0.05) is 23.6 Å². The van der Waals surface area contributed by atoms with E-state index < -0.39 is 11.5 Å². The number of pyridine rings is 1. The van der Waals surface area contributed by atoms with Gasteiger partial charge in [-0.15, -0.1) is 0 Å². The summed E-state index contributed by atoms with van der Waals surface area (Å²) >= 11 is 1.38. The fraction of sp³-hybridized carbons (Fsp3) is 0.292. The first-order valence-corrected chi connectivity index (χ1v) is 11.5. The largest absolute Gasteiger partial charge is 0.465 e. The number of ether oxygens (including phenoxy) is 1. The van der Waals surface area contributed by atoms with E-state index in [-0.39, 0.29) is 10.9 Å². The van der Waals surface area contributed by atoms with E-state index in [1.807, 2.05) is 49.6 Å². The van der Waals surface area contributed by atoms with E-state index in [0.29, 0.717) is 40.4 Å². The van der Waals surface area contributed by atoms with Gasteiger partial charge in [-0.3, -0.25) is 4.79 Å². The average molecular weight is 465 g/mol. The normalized spacial score (nSPS) is 11.2. The second-order valence-corrected chi connectivity index (χ2v) is 8.51. The second kappa shape index (κ2) is 9.19. The topological polar surface area (TPSA) is 100 Å². The highest BCUT2D eigenvalue weighted by molar-refractivity contribution is 7.98. The molecule has 0 aliphatic rings. The fourth-order valence-electron chi connectivity index (χ4n) is 3.65. The molecule has 0 aliphatic carbocycles. The van der Waals surface area contributed by atoms with Crippen LogP contribution in [0, 0.1) is 20.8 Å². The first-order valence-electron chi connectivity index (χ1n) is 10.5. The van der Waals surface area contributed by atoms with E-state index in [1.54, 1.807) is 13.0 Å². The van der Waals surface area contributed by atoms with Crippen LogP contribution in [0.2, 0.25) is 0 Å². The van der Waals surface area contributed by atoms with Crippen molar-refractivity contribution in [1.82, 2.24) is 19.5 Å². The molecule has 0 spiro atoms. The number of hydrogen-bond acceptors (Lipinski definition) is 8. The molecule has 0 bridgehead atoms. The molecule has 0 fully saturated rings. The molecule has 8 nitrogen and oxygen atoms in total. The van der Waals surface area contributed by atoms with Crippen LogP contribution in [0.5, 0.6) is 0 Å². The van der Waals surface area contributed by atoms with E-state index in [4.69, 9.17) is 9.15 Å². The molecule has 0 saturated carbocycles. The van der Waals surface area contributed by atoms with E-state index in [0.717, 1.165) is 16.8 Å². The Morgan fingerprint density at radius 2 is 1.91 bits per heavy atom. The van der Waals surface area contributed by atoms with Crippen LogP contribution < -0.4 is 5.56 Å². The SMILES string of the molecule is CCn1c(SCc2nc(-c3ccccc3C)oc2C)nc(=O)c2c(C(=O)OC)cc(C)nc21. The third-order valence-corrected chi connectivity index (χ3v) is 6.34. The van der Waals surface area contributed by atoms with Crippen molar-refractivity contribution in [2.75, 3.05) is 7.11 Å². The summed E-state index contributed by atoms with van der Waals surface area (Å²) in [4.78, 5) is 38.6. The number of fused-ring (bicyclic) bond motifs is 1. The molecule has 0 radical (unpaired) electrons. The molecule has 0 aliphatic heterocycles. The summed E-state index contributed by atoms with van der Waals surface area (Å²) in [5.74, 6) is 1.17. The van der Waals surface area contributed by atoms with E-state index >= 15 is 0 Å². The van der Waals surface area contributed by atoms with Gasteiger partial charge in [0.15, 0.2) is 5.16 Å². The number of hydrogen-bond donors (Lipinski definition) is 0. The number of esters is 1. The molecule has 170 valence electrons. The number of nitrogens with zero attached hydrogens (tertiary/aromatic N) is 4. The number of carbonyl (C=O) groups is 1. The van der Waals surface area contributed by atoms with Gasteiger partial charge in [-0.2, -0.15) is 4.98 Å². The number of rotatable bonds is 6. The van der Waals surface area contributed by atoms with Crippen LogP contribution in [0.25, 0.3) is 22.5 Å². The maximum absolute atomic E-state index is 12.9. The molecule has 1 aromatic carbocycles. The van der Waals surface area contributed by atoms with Gasteiger partial charge in [0.05, 0.1) is 23.8 Å². The van der Waals surface area contributed by atoms with Gasteiger partial charge in [-0.25, -0.2) is 14.8 Å². The van der Waals surface area contributed by atoms with Gasteiger partial charge in [0.1, 0.15) is 11.4 Å². The summed E-state index contributed by atoms with van der Waals surface area (Å²) in [5.41, 5.74) is 3.49. The van der Waals surface area contributed by atoms with Crippen molar-refractivity contribution < 1.29 is 13.9 Å². The Morgan fingerprint density at radius 1 is 1.15 bits per heavy atom. The highest BCUT2D eigenvalue weighted by Gasteiger charge is 2.21. The van der Waals surface area contributed by atoms with Gasteiger partial charge < -0.3 is 13.7 Å². The standard InChI is InChI=1S/C24H24N4O4S/c1-6-28-20-19(17(23(30)31-5)11-14(3)25-20)21(29)27-24(28)33-12-18-15(4)32-22(26-18)16-10-8-7-9-13(16)2/h7-11H,6,12H2,1-5H3. The Balaban J connectivity index is 1.73. The molecular weight excluding hydrogens is 440 g/mol. The van der Waals surface area contributed by atoms with Crippen LogP contribution in [0.3, 0.4) is 0 Å². The van der Waals surface area contributed by atoms with E-state index in [2.05, 4.69) is 15.0 Å². The lowest BCUT2D eigenvalue weighted by atomic mass is 10.1. The lowest BCUT2D eigenvalue weighted by Crippen LogP contribution is -2.20. The van der Waals surface area contributed by atoms with Crippen molar-refractivity contribution >= 4 is 28.8 Å². The molecule has 0 atom stereocenters. The Hall–Kier alpha value is -3.46. The lowest BCUT2D eigenvalue weighted by Gasteiger charge is -2.14. The minimum Gasteiger partial charge on any atom is -0.465 e. The van der Waals surface area contributed by atoms with Crippen LogP contribution in [0.4, 0.5) is 0 Å². The molecule has 0 amide bonds. The zero-order chi connectivity index (χ0) is 23.7. The summed E-state index contributed by atoms with van der Waals surface area (Å²) < 4.78 is 12.6. The molecule has 0 saturated heterocycles. The molecule has 3 aromatic heterocycles. The number of aromatic nitrogens is 4. The summed E-state index contributed by atoms with van der Waals surface area (Å²) in [5, 5.41) is 0.668. The highest BCUT2D eigenvalue weighted by atomic mass is 32.2. The Labute approximate surface area is 195 Å². The monoisotopic (exact) mass is 464 g/mol. The number of aryl methyl sites for hydroxylation is 4. The number of oxazole rings is 1. The maximum Gasteiger partial charge on any atom is 0.338 e. The highest BCUT2D eigenvalue weighted by Crippen LogP contribution is 2.29. The molecule has 9 heteroatoms. The van der Waals surface area contributed by atoms with Gasteiger partial charge >= 0.3 is 5.97 Å². The minimum atomic E-state index is -0.589. The van der Waals surface area contributed by atoms with Crippen molar-refractivity contribution in [2.45, 2.75) is 45.1 Å². The van der Waals surface area contributed by atoms with Gasteiger partial charge in [0.25, 0.3) is 5.56 Å². The lowest BCUT2D eigenvalue weighted by molar-refractivity contribution is 0.0602. The molecular formula is C24H24N4O4S. The number of carbonyl (C=O) groups excluding carboxylic acids is 1. The van der Waals surface area contributed by atoms with Crippen molar-refractivity contribution in [3.8, 4) is 11.5 Å². The molecule has 3 heterocycles. The first kappa shape index (κ1) is 22.7. The van der Waals surface area contributed by atoms with E-state index in [1.165, 1.54) is 18.9 Å². The predicted octanol–water partition coefficient (Wildman–Crippen LogP) is 4.47. The summed E-state index contributed by atoms with van der Waals surface area (Å²) in [6.45, 7) is 8.12. The number of methoxy groups -OCH3 is 1. The first-order chi connectivity index (χ1) is 15.8. The zero-order valence-corrected chi connectivity index (χ0v) is 19.9. The van der Waals surface area contributed by atoms with Crippen molar-refractivity contribution in [1.29, 1.82) is 0 Å². The quantitative estimate of drug-likeness (QED) is 0.234. The predicted molar refractivity (Wildman–Crippen MR) is 127 cm³/mol. The maximum atomic E-state index is 12.9. The van der Waals surface area contributed by atoms with Crippen LogP contribution in [-0.2, 0) is 17.0 Å². The third-order valence-electron chi connectivity index (χ3n) is 5.35. The molecule has 0 unspecified atom stereocenters. The van der Waals surface area contributed by atoms with Crippen LogP contribution in [-0.4, -0.2) is 32.6 Å². The fourth-order valence-corrected chi connectivity index (χ4v) is 4.70. The van der Waals surface area contributed by atoms with Gasteiger partial charge in [-0.05, 0) is 45.4 Å². The smallest absolute Gasteiger partial charge is 0.338 e. The van der Waals surface area contributed by atoms with Crippen LogP contribution in [0.1, 0.15) is 40.0 Å². The molecule has 33 heavy (non-hydrogen) atoms. The Bertz CT molecular complexity index is 1420. The molecule has 0 N–H and O–H groups in total. The average Bonchev–Trinajstić information content (AvgIpc) is 3.16. The van der Waals surface area contributed by atoms with Crippen LogP contribution >= 0.6 is 11.8 Å². The number of benzene rings is 1. The molecule has 4 rings (SSSR count). The Kier molecular flexibility index (Phi) is 6.33. The number of thioether (sulfide) groups is 1. The van der Waals surface area contributed by atoms with E-state index in [9.17, 15) is 9.59 Å². The van der Waals surface area contributed by atoms with Crippen molar-refractivity contribution in [3.05, 3.63) is 69.0 Å². The second-order valence-electron chi connectivity index (χ2n) is 7.57. The van der Waals surface area contributed by atoms with Gasteiger partial charge in [0.2, 0.25) is 5.89 Å². The summed E-state index contributed by atoms with van der Waals surface area (Å²) in [7, 11) is 1.28. The summed E-state index contributed by atoms with van der Waals surface area (Å²) in [6, 6.07) is 9.47. The minimum absolute atomic E-state index is 0.165. The Morgan fingerprint density at radius 3 is 2.61 bits per heavy atom. The molecule has 4 aromatic rings. The van der Waals surface area contributed by atoms with Crippen molar-refractivity contribution in [2.24, 2.45) is 0 Å². The van der Waals surface area contributed by atoms with Crippen molar-refractivity contribution in [3.63, 3.8) is 0 Å². The summed E-state index contributed by atoms with van der Waals surface area (Å²) in [6.07, 6.45) is 0. The zero-order valence-electron chi connectivity index (χ0n) is 19.1. The third kappa shape index (κ3) is 4.28. The van der Waals surface area contributed by atoms with Gasteiger partial charge in [-0.1, -0.05) is 30.0 Å².